The van der Waals surface area contributed by atoms with Gasteiger partial charge in [-0.1, -0.05) is 134 Å². The summed E-state index contributed by atoms with van der Waals surface area (Å²) in [4.78, 5) is 13.0. The van der Waals surface area contributed by atoms with Crippen molar-refractivity contribution in [2.75, 3.05) is 6.61 Å². The second kappa shape index (κ2) is 19.8. The molecule has 2 aromatic carbocycles. The van der Waals surface area contributed by atoms with Gasteiger partial charge in [0.25, 0.3) is 0 Å². The molecule has 0 aromatic heterocycles. The van der Waals surface area contributed by atoms with Crippen LogP contribution < -0.4 is 9.47 Å². The molecule has 0 bridgehead atoms. The fourth-order valence-corrected chi connectivity index (χ4v) is 4.59. The van der Waals surface area contributed by atoms with Crippen molar-refractivity contribution in [1.82, 2.24) is 0 Å². The molecule has 3 nitrogen and oxygen atoms in total. The molecule has 0 unspecified atom stereocenters. The summed E-state index contributed by atoms with van der Waals surface area (Å²) in [7, 11) is 0. The predicted molar refractivity (Wildman–Crippen MR) is 152 cm³/mol. The molecule has 0 aliphatic carbocycles. The first-order valence-corrected chi connectivity index (χ1v) is 14.8. The average molecular weight is 495 g/mol. The lowest BCUT2D eigenvalue weighted by atomic mass is 10.0. The number of para-hydroxylation sites is 2. The maximum atomic E-state index is 13.0. The van der Waals surface area contributed by atoms with E-state index in [2.05, 4.69) is 19.9 Å². The molecule has 0 aliphatic heterocycles. The first-order chi connectivity index (χ1) is 17.8. The largest absolute Gasteiger partial charge is 0.493 e. The molecule has 0 amide bonds. The molecule has 3 heteroatoms. The van der Waals surface area contributed by atoms with Gasteiger partial charge in [-0.2, -0.15) is 0 Å². The van der Waals surface area contributed by atoms with Gasteiger partial charge in [0.2, 0.25) is 0 Å². The van der Waals surface area contributed by atoms with Crippen molar-refractivity contribution in [3.63, 3.8) is 0 Å². The Labute approximate surface area is 221 Å². The van der Waals surface area contributed by atoms with Gasteiger partial charge in [-0.15, -0.1) is 0 Å². The third-order valence-electron chi connectivity index (χ3n) is 6.84. The van der Waals surface area contributed by atoms with Crippen LogP contribution in [0, 0.1) is 0 Å². The van der Waals surface area contributed by atoms with E-state index in [0.717, 1.165) is 24.8 Å². The Morgan fingerprint density at radius 1 is 0.583 bits per heavy atom. The lowest BCUT2D eigenvalue weighted by Crippen LogP contribution is -2.12. The Bertz CT molecular complexity index is 829. The van der Waals surface area contributed by atoms with Gasteiger partial charge in [0, 0.05) is 0 Å². The fourth-order valence-electron chi connectivity index (χ4n) is 4.59. The van der Waals surface area contributed by atoms with E-state index < -0.39 is 0 Å². The number of aryl methyl sites for hydroxylation is 1. The van der Waals surface area contributed by atoms with Crippen molar-refractivity contribution in [3.05, 3.63) is 59.7 Å². The number of carbonyl (C=O) groups excluding carboxylic acids is 1. The van der Waals surface area contributed by atoms with Gasteiger partial charge in [0.1, 0.15) is 17.1 Å². The smallest absolute Gasteiger partial charge is 0.347 e. The van der Waals surface area contributed by atoms with Crippen LogP contribution >= 0.6 is 0 Å². The molecule has 36 heavy (non-hydrogen) atoms. The number of hydrogen-bond acceptors (Lipinski definition) is 3. The minimum atomic E-state index is -0.343. The van der Waals surface area contributed by atoms with Crippen molar-refractivity contribution in [2.45, 2.75) is 123 Å². The van der Waals surface area contributed by atoms with Crippen LogP contribution in [0.25, 0.3) is 0 Å². The molecule has 2 rings (SSSR count). The van der Waals surface area contributed by atoms with E-state index in [0.29, 0.717) is 23.7 Å². The summed E-state index contributed by atoms with van der Waals surface area (Å²) >= 11 is 0. The molecule has 0 radical (unpaired) electrons. The normalized spacial score (nSPS) is 10.9. The zero-order chi connectivity index (χ0) is 25.7. The van der Waals surface area contributed by atoms with Crippen molar-refractivity contribution in [1.29, 1.82) is 0 Å². The summed E-state index contributed by atoms with van der Waals surface area (Å²) in [6, 6.07) is 15.4. The Morgan fingerprint density at radius 3 is 1.72 bits per heavy atom. The predicted octanol–water partition coefficient (Wildman–Crippen LogP) is 10.1. The van der Waals surface area contributed by atoms with Gasteiger partial charge in [-0.05, 0) is 43.0 Å². The number of hydrogen-bond donors (Lipinski definition) is 0. The molecule has 0 saturated carbocycles. The van der Waals surface area contributed by atoms with E-state index in [1.54, 1.807) is 6.07 Å². The number of rotatable bonds is 21. The van der Waals surface area contributed by atoms with E-state index in [4.69, 9.17) is 9.47 Å². The van der Waals surface area contributed by atoms with E-state index in [-0.39, 0.29) is 5.97 Å². The van der Waals surface area contributed by atoms with Crippen LogP contribution in [-0.2, 0) is 6.42 Å². The molecular weight excluding hydrogens is 444 g/mol. The Kier molecular flexibility index (Phi) is 16.5. The second-order valence-electron chi connectivity index (χ2n) is 10.0. The Hall–Kier alpha value is -2.29. The van der Waals surface area contributed by atoms with Crippen LogP contribution in [-0.4, -0.2) is 12.6 Å². The molecule has 0 atom stereocenters. The topological polar surface area (TPSA) is 35.5 Å². The molecule has 0 N–H and O–H groups in total. The Morgan fingerprint density at radius 2 is 1.08 bits per heavy atom. The van der Waals surface area contributed by atoms with Gasteiger partial charge in [-0.25, -0.2) is 4.79 Å². The minimum absolute atomic E-state index is 0.343. The van der Waals surface area contributed by atoms with Crippen LogP contribution in [0.1, 0.15) is 133 Å². The van der Waals surface area contributed by atoms with Crippen LogP contribution in [0.15, 0.2) is 48.5 Å². The van der Waals surface area contributed by atoms with Gasteiger partial charge >= 0.3 is 5.97 Å². The minimum Gasteiger partial charge on any atom is -0.493 e. The van der Waals surface area contributed by atoms with Crippen LogP contribution in [0.5, 0.6) is 11.5 Å². The third-order valence-corrected chi connectivity index (χ3v) is 6.84. The van der Waals surface area contributed by atoms with E-state index in [1.165, 1.54) is 89.9 Å². The highest BCUT2D eigenvalue weighted by Crippen LogP contribution is 2.25. The van der Waals surface area contributed by atoms with Gasteiger partial charge in [-0.3, -0.25) is 0 Å². The molecule has 0 heterocycles. The zero-order valence-corrected chi connectivity index (χ0v) is 23.1. The molecule has 0 spiro atoms. The van der Waals surface area contributed by atoms with Crippen molar-refractivity contribution >= 4 is 5.97 Å². The van der Waals surface area contributed by atoms with E-state index in [1.807, 2.05) is 36.4 Å². The molecule has 0 aliphatic rings. The lowest BCUT2D eigenvalue weighted by Gasteiger charge is -2.13. The monoisotopic (exact) mass is 494 g/mol. The average Bonchev–Trinajstić information content (AvgIpc) is 2.90. The molecular formula is C33H50O3. The second-order valence-corrected chi connectivity index (χ2v) is 10.0. The molecule has 2 aromatic rings. The van der Waals surface area contributed by atoms with E-state index >= 15 is 0 Å². The summed E-state index contributed by atoms with van der Waals surface area (Å²) in [5.41, 5.74) is 1.60. The highest BCUT2D eigenvalue weighted by atomic mass is 16.5. The molecule has 0 saturated heterocycles. The third kappa shape index (κ3) is 12.6. The number of carbonyl (C=O) groups is 1. The maximum absolute atomic E-state index is 13.0. The van der Waals surface area contributed by atoms with Crippen LogP contribution in [0.2, 0.25) is 0 Å². The first kappa shape index (κ1) is 29.9. The molecule has 200 valence electrons. The van der Waals surface area contributed by atoms with E-state index in [9.17, 15) is 4.79 Å². The van der Waals surface area contributed by atoms with Crippen LogP contribution in [0.3, 0.4) is 0 Å². The number of benzene rings is 2. The lowest BCUT2D eigenvalue weighted by molar-refractivity contribution is 0.0728. The summed E-state index contributed by atoms with van der Waals surface area (Å²) in [5, 5.41) is 0. The SMILES string of the molecule is CCCCCCCCCCOc1ccccc1C(=O)Oc1ccccc1CCCCCCCCCC. The van der Waals surface area contributed by atoms with Gasteiger partial charge in [0.05, 0.1) is 6.61 Å². The van der Waals surface area contributed by atoms with Crippen molar-refractivity contribution in [2.24, 2.45) is 0 Å². The quantitative estimate of drug-likeness (QED) is 0.0983. The maximum Gasteiger partial charge on any atom is 0.347 e. The van der Waals surface area contributed by atoms with Crippen molar-refractivity contribution in [3.8, 4) is 11.5 Å². The summed E-state index contributed by atoms with van der Waals surface area (Å²) in [5.74, 6) is 0.944. The number of unbranched alkanes of at least 4 members (excludes halogenated alkanes) is 14. The first-order valence-electron chi connectivity index (χ1n) is 14.8. The Balaban J connectivity index is 1.77. The number of esters is 1. The fraction of sp³-hybridized carbons (Fsp3) is 0.606. The summed E-state index contributed by atoms with van der Waals surface area (Å²) < 4.78 is 11.9. The highest BCUT2D eigenvalue weighted by Gasteiger charge is 2.16. The van der Waals surface area contributed by atoms with Crippen molar-refractivity contribution < 1.29 is 14.3 Å². The number of ether oxygens (including phenoxy) is 2. The zero-order valence-electron chi connectivity index (χ0n) is 23.1. The summed E-state index contributed by atoms with van der Waals surface area (Å²) in [6.07, 6.45) is 21.3. The van der Waals surface area contributed by atoms with Crippen LogP contribution in [0.4, 0.5) is 0 Å². The summed E-state index contributed by atoms with van der Waals surface area (Å²) in [6.45, 7) is 5.14. The highest BCUT2D eigenvalue weighted by molar-refractivity contribution is 5.94. The van der Waals surface area contributed by atoms with Gasteiger partial charge < -0.3 is 9.47 Å². The standard InChI is InChI=1S/C33H50O3/c1-3-5-7-9-11-13-15-17-23-29-24-18-20-26-31(29)36-33(34)30-25-19-21-27-32(30)35-28-22-16-14-12-10-8-6-4-2/h18-21,24-27H,3-17,22-23,28H2,1-2H3. The van der Waals surface area contributed by atoms with Gasteiger partial charge in [0.15, 0.2) is 0 Å². The molecule has 0 fully saturated rings.